The molecule has 7 nitrogen and oxygen atoms in total. The number of aryl methyl sites for hydroxylation is 3. The van der Waals surface area contributed by atoms with Gasteiger partial charge in [0.1, 0.15) is 12.4 Å². The van der Waals surface area contributed by atoms with E-state index in [1.54, 1.807) is 6.33 Å². The van der Waals surface area contributed by atoms with Gasteiger partial charge in [-0.2, -0.15) is 5.10 Å². The van der Waals surface area contributed by atoms with Gasteiger partial charge in [-0.3, -0.25) is 9.58 Å². The number of rotatable bonds is 5. The average Bonchev–Trinajstić information content (AvgIpc) is 3.14. The van der Waals surface area contributed by atoms with Gasteiger partial charge < -0.3 is 9.30 Å². The molecule has 0 amide bonds. The van der Waals surface area contributed by atoms with Crippen molar-refractivity contribution < 1.29 is 4.74 Å². The van der Waals surface area contributed by atoms with E-state index in [0.717, 1.165) is 50.8 Å². The SMILES string of the molecule is CCn1cnnc1C1CN(Cc2c(C)nn(CC)c2C)CCO1. The lowest BCUT2D eigenvalue weighted by molar-refractivity contribution is -0.0389. The molecule has 2 aromatic heterocycles. The topological polar surface area (TPSA) is 61.0 Å². The fraction of sp³-hybridized carbons (Fsp3) is 0.688. The summed E-state index contributed by atoms with van der Waals surface area (Å²) in [5, 5.41) is 12.9. The summed E-state index contributed by atoms with van der Waals surface area (Å²) in [4.78, 5) is 2.43. The van der Waals surface area contributed by atoms with Gasteiger partial charge in [0.15, 0.2) is 5.82 Å². The Kier molecular flexibility index (Phi) is 4.77. The Morgan fingerprint density at radius 1 is 1.26 bits per heavy atom. The molecule has 2 aromatic rings. The number of hydrogen-bond donors (Lipinski definition) is 0. The Labute approximate surface area is 137 Å². The van der Waals surface area contributed by atoms with Gasteiger partial charge in [-0.15, -0.1) is 10.2 Å². The zero-order valence-electron chi connectivity index (χ0n) is 14.5. The summed E-state index contributed by atoms with van der Waals surface area (Å²) in [5.41, 5.74) is 3.73. The molecule has 1 saturated heterocycles. The Bertz CT molecular complexity index is 662. The molecule has 0 saturated carbocycles. The maximum Gasteiger partial charge on any atom is 0.163 e. The summed E-state index contributed by atoms with van der Waals surface area (Å²) < 4.78 is 10.1. The molecule has 1 unspecified atom stereocenters. The zero-order chi connectivity index (χ0) is 16.4. The Balaban J connectivity index is 1.73. The minimum Gasteiger partial charge on any atom is -0.368 e. The van der Waals surface area contributed by atoms with Crippen LogP contribution in [0.5, 0.6) is 0 Å². The van der Waals surface area contributed by atoms with E-state index < -0.39 is 0 Å². The number of nitrogens with zero attached hydrogens (tertiary/aromatic N) is 6. The smallest absolute Gasteiger partial charge is 0.163 e. The third-order valence-electron chi connectivity index (χ3n) is 4.64. The summed E-state index contributed by atoms with van der Waals surface area (Å²) in [6, 6.07) is 0. The van der Waals surface area contributed by atoms with Gasteiger partial charge in [0, 0.05) is 44.0 Å². The molecule has 1 atom stereocenters. The van der Waals surface area contributed by atoms with Crippen molar-refractivity contribution in [2.45, 2.75) is 53.4 Å². The van der Waals surface area contributed by atoms with Crippen molar-refractivity contribution in [1.29, 1.82) is 0 Å². The molecule has 0 aromatic carbocycles. The quantitative estimate of drug-likeness (QED) is 0.840. The lowest BCUT2D eigenvalue weighted by Gasteiger charge is -2.32. The molecule has 3 heterocycles. The van der Waals surface area contributed by atoms with Gasteiger partial charge in [-0.1, -0.05) is 0 Å². The minimum absolute atomic E-state index is 0.00645. The van der Waals surface area contributed by atoms with Crippen LogP contribution in [0.2, 0.25) is 0 Å². The summed E-state index contributed by atoms with van der Waals surface area (Å²) in [7, 11) is 0. The molecule has 1 aliphatic heterocycles. The molecule has 1 aliphatic rings. The van der Waals surface area contributed by atoms with Crippen LogP contribution in [0, 0.1) is 13.8 Å². The molecule has 0 bridgehead atoms. The normalized spacial score (nSPS) is 19.4. The highest BCUT2D eigenvalue weighted by Crippen LogP contribution is 2.23. The van der Waals surface area contributed by atoms with Crippen LogP contribution in [0.25, 0.3) is 0 Å². The molecule has 0 aliphatic carbocycles. The van der Waals surface area contributed by atoms with Crippen molar-refractivity contribution in [2.75, 3.05) is 19.7 Å². The predicted octanol–water partition coefficient (Wildman–Crippen LogP) is 1.70. The predicted molar refractivity (Wildman–Crippen MR) is 87.0 cm³/mol. The van der Waals surface area contributed by atoms with Crippen LogP contribution < -0.4 is 0 Å². The molecule has 1 fully saturated rings. The van der Waals surface area contributed by atoms with Crippen molar-refractivity contribution in [3.8, 4) is 0 Å². The van der Waals surface area contributed by atoms with Gasteiger partial charge in [-0.05, 0) is 27.7 Å². The Morgan fingerprint density at radius 2 is 2.09 bits per heavy atom. The molecular formula is C16H26N6O. The van der Waals surface area contributed by atoms with E-state index in [2.05, 4.69) is 57.1 Å². The third kappa shape index (κ3) is 3.16. The molecule has 0 radical (unpaired) electrons. The van der Waals surface area contributed by atoms with Crippen LogP contribution in [0.15, 0.2) is 6.33 Å². The average molecular weight is 318 g/mol. The van der Waals surface area contributed by atoms with Crippen LogP contribution >= 0.6 is 0 Å². The van der Waals surface area contributed by atoms with Gasteiger partial charge in [0.05, 0.1) is 12.3 Å². The summed E-state index contributed by atoms with van der Waals surface area (Å²) >= 11 is 0. The van der Waals surface area contributed by atoms with Crippen LogP contribution in [0.4, 0.5) is 0 Å². The van der Waals surface area contributed by atoms with E-state index in [4.69, 9.17) is 4.74 Å². The lowest BCUT2D eigenvalue weighted by atomic mass is 10.1. The monoisotopic (exact) mass is 318 g/mol. The van der Waals surface area contributed by atoms with Crippen LogP contribution in [0.3, 0.4) is 0 Å². The highest BCUT2D eigenvalue weighted by Gasteiger charge is 2.27. The zero-order valence-corrected chi connectivity index (χ0v) is 14.5. The van der Waals surface area contributed by atoms with Crippen molar-refractivity contribution in [3.05, 3.63) is 29.1 Å². The first-order chi connectivity index (χ1) is 11.1. The molecule has 23 heavy (non-hydrogen) atoms. The molecule has 7 heteroatoms. The van der Waals surface area contributed by atoms with Gasteiger partial charge in [0.25, 0.3) is 0 Å². The van der Waals surface area contributed by atoms with E-state index in [-0.39, 0.29) is 6.10 Å². The van der Waals surface area contributed by atoms with E-state index in [1.807, 2.05) is 0 Å². The maximum absolute atomic E-state index is 5.93. The van der Waals surface area contributed by atoms with E-state index in [9.17, 15) is 0 Å². The number of morpholine rings is 1. The first kappa shape index (κ1) is 16.1. The third-order valence-corrected chi connectivity index (χ3v) is 4.64. The van der Waals surface area contributed by atoms with Crippen molar-refractivity contribution in [1.82, 2.24) is 29.4 Å². The highest BCUT2D eigenvalue weighted by atomic mass is 16.5. The van der Waals surface area contributed by atoms with E-state index in [0.29, 0.717) is 0 Å². The summed E-state index contributed by atoms with van der Waals surface area (Å²) in [5.74, 6) is 0.926. The largest absolute Gasteiger partial charge is 0.368 e. The fourth-order valence-corrected chi connectivity index (χ4v) is 3.25. The van der Waals surface area contributed by atoms with E-state index in [1.165, 1.54) is 11.3 Å². The molecule has 3 rings (SSSR count). The second kappa shape index (κ2) is 6.80. The standard InChI is InChI=1S/C16H26N6O/c1-5-21-11-17-18-16(21)15-10-20(7-8-23-15)9-14-12(3)19-22(6-2)13(14)4/h11,15H,5-10H2,1-4H3. The molecule has 126 valence electrons. The van der Waals surface area contributed by atoms with Gasteiger partial charge >= 0.3 is 0 Å². The van der Waals surface area contributed by atoms with Crippen LogP contribution in [-0.4, -0.2) is 49.1 Å². The molecule has 0 spiro atoms. The molecular weight excluding hydrogens is 292 g/mol. The van der Waals surface area contributed by atoms with Crippen LogP contribution in [-0.2, 0) is 24.4 Å². The first-order valence-electron chi connectivity index (χ1n) is 8.38. The maximum atomic E-state index is 5.93. The van der Waals surface area contributed by atoms with Gasteiger partial charge in [-0.25, -0.2) is 0 Å². The lowest BCUT2D eigenvalue weighted by Crippen LogP contribution is -2.39. The fourth-order valence-electron chi connectivity index (χ4n) is 3.25. The Hall–Kier alpha value is -1.73. The number of aromatic nitrogens is 5. The van der Waals surface area contributed by atoms with Crippen molar-refractivity contribution in [2.24, 2.45) is 0 Å². The van der Waals surface area contributed by atoms with Gasteiger partial charge in [0.2, 0.25) is 0 Å². The summed E-state index contributed by atoms with van der Waals surface area (Å²) in [6.07, 6.45) is 1.77. The van der Waals surface area contributed by atoms with Crippen molar-refractivity contribution >= 4 is 0 Å². The number of ether oxygens (including phenoxy) is 1. The minimum atomic E-state index is -0.00645. The second-order valence-electron chi connectivity index (χ2n) is 6.03. The second-order valence-corrected chi connectivity index (χ2v) is 6.03. The highest BCUT2D eigenvalue weighted by molar-refractivity contribution is 5.24. The number of hydrogen-bond acceptors (Lipinski definition) is 5. The first-order valence-corrected chi connectivity index (χ1v) is 8.38. The van der Waals surface area contributed by atoms with Crippen molar-refractivity contribution in [3.63, 3.8) is 0 Å². The van der Waals surface area contributed by atoms with E-state index >= 15 is 0 Å². The summed E-state index contributed by atoms with van der Waals surface area (Å²) in [6.45, 7) is 13.7. The van der Waals surface area contributed by atoms with Crippen LogP contribution in [0.1, 0.15) is 42.7 Å². The molecule has 0 N–H and O–H groups in total. The Morgan fingerprint density at radius 3 is 2.78 bits per heavy atom.